The summed E-state index contributed by atoms with van der Waals surface area (Å²) < 4.78 is 41.5. The van der Waals surface area contributed by atoms with Crippen LogP contribution in [0, 0.1) is 6.92 Å². The van der Waals surface area contributed by atoms with Crippen molar-refractivity contribution in [3.8, 4) is 17.0 Å². The van der Waals surface area contributed by atoms with Crippen LogP contribution in [-0.2, 0) is 6.42 Å². The molecule has 4 rings (SSSR count). The second kappa shape index (κ2) is 8.06. The summed E-state index contributed by atoms with van der Waals surface area (Å²) >= 11 is 0. The van der Waals surface area contributed by atoms with Gasteiger partial charge in [0.05, 0.1) is 11.3 Å². The summed E-state index contributed by atoms with van der Waals surface area (Å²) in [5, 5.41) is 9.62. The van der Waals surface area contributed by atoms with E-state index in [4.69, 9.17) is 0 Å². The molecule has 0 bridgehead atoms. The normalized spacial score (nSPS) is 13.8. The number of aromatic nitrogens is 1. The number of rotatable bonds is 6. The molecule has 4 nitrogen and oxygen atoms in total. The summed E-state index contributed by atoms with van der Waals surface area (Å²) in [5.41, 5.74) is 4.70. The molecule has 7 heteroatoms. The molecule has 160 valence electrons. The molecule has 1 saturated carbocycles. The highest BCUT2D eigenvalue weighted by Gasteiger charge is 2.31. The maximum Gasteiger partial charge on any atom is 0.573 e. The Morgan fingerprint density at radius 2 is 1.94 bits per heavy atom. The van der Waals surface area contributed by atoms with Crippen LogP contribution < -0.4 is 4.74 Å². The van der Waals surface area contributed by atoms with Crippen LogP contribution in [0.25, 0.3) is 11.3 Å². The Morgan fingerprint density at radius 3 is 2.58 bits per heavy atom. The number of halogens is 3. The quantitative estimate of drug-likeness (QED) is 0.515. The monoisotopic (exact) mass is 427 g/mol. The number of benzene rings is 2. The number of carbonyl (C=O) groups is 1. The van der Waals surface area contributed by atoms with Crippen molar-refractivity contribution in [3.63, 3.8) is 0 Å². The van der Waals surface area contributed by atoms with E-state index >= 15 is 0 Å². The van der Waals surface area contributed by atoms with Gasteiger partial charge in [0.2, 0.25) is 0 Å². The van der Waals surface area contributed by atoms with E-state index in [2.05, 4.69) is 9.72 Å². The number of aromatic carboxylic acids is 1. The standard InChI is InChI=1S/C24H20F3NO3/c1-14-9-15(10-18-8-7-17(16-5-6-16)12-21(18)23(29)30)13-28-22(14)19-3-2-4-20(11-19)31-24(25,26)27/h2-4,7-9,11-13,16H,5-6,10H2,1H3,(H,29,30). The maximum atomic E-state index is 12.5. The number of pyridine rings is 1. The number of carboxylic acids is 1. The molecule has 0 saturated heterocycles. The zero-order valence-electron chi connectivity index (χ0n) is 16.7. The van der Waals surface area contributed by atoms with Crippen molar-refractivity contribution in [1.29, 1.82) is 0 Å². The van der Waals surface area contributed by atoms with Crippen LogP contribution in [0.3, 0.4) is 0 Å². The Bertz CT molecular complexity index is 1140. The molecule has 1 aromatic heterocycles. The van der Waals surface area contributed by atoms with Crippen molar-refractivity contribution in [1.82, 2.24) is 4.98 Å². The van der Waals surface area contributed by atoms with Gasteiger partial charge >= 0.3 is 12.3 Å². The summed E-state index contributed by atoms with van der Waals surface area (Å²) in [6.07, 6.45) is -0.545. The smallest absolute Gasteiger partial charge is 0.478 e. The minimum Gasteiger partial charge on any atom is -0.478 e. The summed E-state index contributed by atoms with van der Waals surface area (Å²) in [4.78, 5) is 16.2. The average Bonchev–Trinajstić information content (AvgIpc) is 3.52. The van der Waals surface area contributed by atoms with Gasteiger partial charge in [-0.3, -0.25) is 4.98 Å². The molecule has 0 radical (unpaired) electrons. The van der Waals surface area contributed by atoms with Crippen LogP contribution in [0.1, 0.15) is 51.4 Å². The summed E-state index contributed by atoms with van der Waals surface area (Å²) in [6.45, 7) is 1.82. The van der Waals surface area contributed by atoms with E-state index in [0.29, 0.717) is 34.7 Å². The molecule has 0 amide bonds. The third-order valence-electron chi connectivity index (χ3n) is 5.28. The molecule has 0 spiro atoms. The van der Waals surface area contributed by atoms with Crippen molar-refractivity contribution in [2.75, 3.05) is 0 Å². The third-order valence-corrected chi connectivity index (χ3v) is 5.28. The van der Waals surface area contributed by atoms with Crippen molar-refractivity contribution in [2.24, 2.45) is 0 Å². The molecule has 1 aliphatic rings. The van der Waals surface area contributed by atoms with Crippen LogP contribution >= 0.6 is 0 Å². The highest BCUT2D eigenvalue weighted by atomic mass is 19.4. The lowest BCUT2D eigenvalue weighted by Gasteiger charge is -2.12. The van der Waals surface area contributed by atoms with Gasteiger partial charge in [0.1, 0.15) is 5.75 Å². The molecule has 1 N–H and O–H groups in total. The van der Waals surface area contributed by atoms with E-state index in [0.717, 1.165) is 29.5 Å². The van der Waals surface area contributed by atoms with E-state index < -0.39 is 12.3 Å². The minimum absolute atomic E-state index is 0.295. The maximum absolute atomic E-state index is 12.5. The van der Waals surface area contributed by atoms with Crippen LogP contribution in [0.2, 0.25) is 0 Å². The molecule has 3 aromatic rings. The van der Waals surface area contributed by atoms with Gasteiger partial charge in [0.25, 0.3) is 0 Å². The minimum atomic E-state index is -4.76. The Hall–Kier alpha value is -3.35. The van der Waals surface area contributed by atoms with E-state index in [1.807, 2.05) is 25.1 Å². The summed E-state index contributed by atoms with van der Waals surface area (Å²) in [6, 6.07) is 13.2. The first-order valence-corrected chi connectivity index (χ1v) is 9.87. The lowest BCUT2D eigenvalue weighted by atomic mass is 9.96. The Balaban J connectivity index is 1.59. The molecule has 1 fully saturated rings. The van der Waals surface area contributed by atoms with Crippen LogP contribution in [0.4, 0.5) is 13.2 Å². The summed E-state index contributed by atoms with van der Waals surface area (Å²) in [5.74, 6) is -0.801. The van der Waals surface area contributed by atoms with Gasteiger partial charge in [-0.2, -0.15) is 0 Å². The largest absolute Gasteiger partial charge is 0.573 e. The highest BCUT2D eigenvalue weighted by molar-refractivity contribution is 5.90. The molecule has 0 atom stereocenters. The topological polar surface area (TPSA) is 59.4 Å². The Kier molecular flexibility index (Phi) is 5.43. The fraction of sp³-hybridized carbons (Fsp3) is 0.250. The Labute approximate surface area is 177 Å². The SMILES string of the molecule is Cc1cc(Cc2ccc(C3CC3)cc2C(=O)O)cnc1-c1cccc(OC(F)(F)F)c1. The molecule has 31 heavy (non-hydrogen) atoms. The number of hydrogen-bond acceptors (Lipinski definition) is 3. The lowest BCUT2D eigenvalue weighted by Crippen LogP contribution is -2.17. The molecule has 0 aliphatic heterocycles. The molecule has 1 heterocycles. The Morgan fingerprint density at radius 1 is 1.16 bits per heavy atom. The van der Waals surface area contributed by atoms with Crippen molar-refractivity contribution < 1.29 is 27.8 Å². The van der Waals surface area contributed by atoms with Crippen molar-refractivity contribution in [2.45, 2.75) is 38.5 Å². The summed E-state index contributed by atoms with van der Waals surface area (Å²) in [7, 11) is 0. The molecule has 0 unspecified atom stereocenters. The van der Waals surface area contributed by atoms with Crippen molar-refractivity contribution in [3.05, 3.63) is 82.5 Å². The van der Waals surface area contributed by atoms with E-state index in [9.17, 15) is 23.1 Å². The van der Waals surface area contributed by atoms with Gasteiger partial charge in [-0.25, -0.2) is 4.79 Å². The molecular weight excluding hydrogens is 407 g/mol. The van der Waals surface area contributed by atoms with Gasteiger partial charge < -0.3 is 9.84 Å². The molecular formula is C24H20F3NO3. The molecule has 1 aliphatic carbocycles. The number of nitrogens with zero attached hydrogens (tertiary/aromatic N) is 1. The predicted molar refractivity (Wildman–Crippen MR) is 109 cm³/mol. The van der Waals surface area contributed by atoms with Crippen molar-refractivity contribution >= 4 is 5.97 Å². The van der Waals surface area contributed by atoms with Gasteiger partial charge in [0, 0.05) is 11.8 Å². The van der Waals surface area contributed by atoms with Gasteiger partial charge in [-0.05, 0) is 72.6 Å². The van der Waals surface area contributed by atoms with Gasteiger partial charge in [-0.15, -0.1) is 13.2 Å². The van der Waals surface area contributed by atoms with E-state index in [1.165, 1.54) is 18.2 Å². The lowest BCUT2D eigenvalue weighted by molar-refractivity contribution is -0.274. The third kappa shape index (κ3) is 5.05. The molecule has 2 aromatic carbocycles. The number of hydrogen-bond donors (Lipinski definition) is 1. The highest BCUT2D eigenvalue weighted by Crippen LogP contribution is 2.40. The van der Waals surface area contributed by atoms with Gasteiger partial charge in [0.15, 0.2) is 0 Å². The second-order valence-corrected chi connectivity index (χ2v) is 7.76. The van der Waals surface area contributed by atoms with E-state index in [-0.39, 0.29) is 5.75 Å². The fourth-order valence-corrected chi connectivity index (χ4v) is 3.71. The predicted octanol–water partition coefficient (Wildman–Crippen LogP) is 6.12. The number of alkyl halides is 3. The number of ether oxygens (including phenoxy) is 1. The van der Waals surface area contributed by atoms with E-state index in [1.54, 1.807) is 18.3 Å². The van der Waals surface area contributed by atoms with Gasteiger partial charge in [-0.1, -0.05) is 30.3 Å². The van der Waals surface area contributed by atoms with Crippen LogP contribution in [-0.4, -0.2) is 22.4 Å². The second-order valence-electron chi connectivity index (χ2n) is 7.76. The number of aryl methyl sites for hydroxylation is 1. The first-order chi connectivity index (χ1) is 14.7. The van der Waals surface area contributed by atoms with Crippen LogP contribution in [0.5, 0.6) is 5.75 Å². The fourth-order valence-electron chi connectivity index (χ4n) is 3.71. The zero-order valence-corrected chi connectivity index (χ0v) is 16.7. The zero-order chi connectivity index (χ0) is 22.2. The number of carboxylic acid groups (broad SMARTS) is 1. The average molecular weight is 427 g/mol. The first-order valence-electron chi connectivity index (χ1n) is 9.87. The van der Waals surface area contributed by atoms with Crippen LogP contribution in [0.15, 0.2) is 54.7 Å². The first kappa shape index (κ1) is 20.9.